The summed E-state index contributed by atoms with van der Waals surface area (Å²) in [4.78, 5) is 0. The van der Waals surface area contributed by atoms with Crippen LogP contribution in [0.5, 0.6) is 0 Å². The van der Waals surface area contributed by atoms with Crippen molar-refractivity contribution in [2.45, 2.75) is 52.1 Å². The quantitative estimate of drug-likeness (QED) is 0.642. The van der Waals surface area contributed by atoms with Crippen LogP contribution in [-0.4, -0.2) is 11.2 Å². The van der Waals surface area contributed by atoms with Crippen molar-refractivity contribution in [3.8, 4) is 0 Å². The lowest BCUT2D eigenvalue weighted by molar-refractivity contribution is 0.163. The second kappa shape index (κ2) is 3.61. The highest BCUT2D eigenvalue weighted by Crippen LogP contribution is 2.42. The molecule has 0 heterocycles. The van der Waals surface area contributed by atoms with E-state index in [1.807, 2.05) is 0 Å². The fourth-order valence-corrected chi connectivity index (χ4v) is 2.18. The monoisotopic (exact) mass is 168 g/mol. The van der Waals surface area contributed by atoms with Crippen molar-refractivity contribution in [1.29, 1.82) is 0 Å². The Balaban J connectivity index is 2.45. The molecule has 0 spiro atoms. The number of allylic oxidation sites excluding steroid dienone is 1. The third-order valence-corrected chi connectivity index (χ3v) is 2.99. The van der Waals surface area contributed by atoms with E-state index >= 15 is 0 Å². The molecule has 0 amide bonds. The Morgan fingerprint density at radius 2 is 2.33 bits per heavy atom. The molecule has 1 fully saturated rings. The van der Waals surface area contributed by atoms with Crippen LogP contribution in [0.25, 0.3) is 0 Å². The first-order valence-corrected chi connectivity index (χ1v) is 4.90. The molecule has 2 unspecified atom stereocenters. The molecule has 0 aromatic rings. The normalized spacial score (nSPS) is 35.4. The highest BCUT2D eigenvalue weighted by atomic mass is 16.3. The van der Waals surface area contributed by atoms with Gasteiger partial charge < -0.3 is 5.11 Å². The van der Waals surface area contributed by atoms with E-state index in [1.54, 1.807) is 0 Å². The second-order valence-electron chi connectivity index (χ2n) is 4.49. The van der Waals surface area contributed by atoms with Crippen LogP contribution >= 0.6 is 0 Å². The minimum Gasteiger partial charge on any atom is -0.393 e. The Bertz CT molecular complexity index is 174. The number of aliphatic hydroxyl groups is 1. The van der Waals surface area contributed by atoms with E-state index in [9.17, 15) is 5.11 Å². The van der Waals surface area contributed by atoms with Crippen LogP contribution in [0.2, 0.25) is 0 Å². The van der Waals surface area contributed by atoms with Crippen LogP contribution < -0.4 is 0 Å². The molecule has 2 atom stereocenters. The van der Waals surface area contributed by atoms with Gasteiger partial charge in [-0.25, -0.2) is 0 Å². The second-order valence-corrected chi connectivity index (χ2v) is 4.49. The highest BCUT2D eigenvalue weighted by Gasteiger charge is 2.33. The van der Waals surface area contributed by atoms with Gasteiger partial charge in [0, 0.05) is 0 Å². The zero-order chi connectivity index (χ0) is 9.19. The molecule has 1 N–H and O–H groups in total. The summed E-state index contributed by atoms with van der Waals surface area (Å²) < 4.78 is 0. The summed E-state index contributed by atoms with van der Waals surface area (Å²) in [5, 5.41) is 9.42. The molecule has 0 aromatic heterocycles. The Morgan fingerprint density at radius 3 is 2.75 bits per heavy atom. The Hall–Kier alpha value is -0.300. The zero-order valence-electron chi connectivity index (χ0n) is 8.27. The van der Waals surface area contributed by atoms with Crippen LogP contribution in [0.3, 0.4) is 0 Å². The average Bonchev–Trinajstić information content (AvgIpc) is 2.30. The highest BCUT2D eigenvalue weighted by molar-refractivity contribution is 5.01. The minimum absolute atomic E-state index is 0.0559. The van der Waals surface area contributed by atoms with E-state index in [0.29, 0.717) is 5.41 Å². The van der Waals surface area contributed by atoms with Gasteiger partial charge in [0.25, 0.3) is 0 Å². The summed E-state index contributed by atoms with van der Waals surface area (Å²) in [6.45, 7) is 8.44. The Kier molecular flexibility index (Phi) is 2.94. The van der Waals surface area contributed by atoms with Crippen molar-refractivity contribution in [1.82, 2.24) is 0 Å². The van der Waals surface area contributed by atoms with Crippen molar-refractivity contribution < 1.29 is 5.11 Å². The van der Waals surface area contributed by atoms with Crippen molar-refractivity contribution >= 4 is 0 Å². The van der Waals surface area contributed by atoms with Gasteiger partial charge in [-0.05, 0) is 37.5 Å². The number of hydrogen-bond donors (Lipinski definition) is 1. The number of rotatable bonds is 3. The maximum Gasteiger partial charge on any atom is 0.0545 e. The van der Waals surface area contributed by atoms with Crippen LogP contribution in [0, 0.1) is 5.41 Å². The standard InChI is InChI=1S/C11H20O/c1-4-9(2)7-11(3)6-5-10(12)8-11/h10,12H,2,4-8H2,1,3H3. The molecule has 0 aliphatic heterocycles. The van der Waals surface area contributed by atoms with Gasteiger partial charge in [0.1, 0.15) is 0 Å². The van der Waals surface area contributed by atoms with Gasteiger partial charge in [0.15, 0.2) is 0 Å². The first kappa shape index (κ1) is 9.79. The molecule has 70 valence electrons. The first-order chi connectivity index (χ1) is 5.56. The fourth-order valence-electron chi connectivity index (χ4n) is 2.18. The molecular formula is C11H20O. The average molecular weight is 168 g/mol. The van der Waals surface area contributed by atoms with Crippen LogP contribution in [0.4, 0.5) is 0 Å². The smallest absolute Gasteiger partial charge is 0.0545 e. The van der Waals surface area contributed by atoms with E-state index in [2.05, 4.69) is 20.4 Å². The lowest BCUT2D eigenvalue weighted by atomic mass is 9.82. The summed E-state index contributed by atoms with van der Waals surface area (Å²) >= 11 is 0. The Labute approximate surface area is 75.5 Å². The third kappa shape index (κ3) is 2.34. The molecule has 1 nitrogen and oxygen atoms in total. The summed E-state index contributed by atoms with van der Waals surface area (Å²) in [5.74, 6) is 0. The van der Waals surface area contributed by atoms with Gasteiger partial charge >= 0.3 is 0 Å². The molecule has 0 aromatic carbocycles. The molecule has 1 aliphatic carbocycles. The van der Waals surface area contributed by atoms with Crippen LogP contribution in [-0.2, 0) is 0 Å². The topological polar surface area (TPSA) is 20.2 Å². The van der Waals surface area contributed by atoms with Crippen molar-refractivity contribution in [3.63, 3.8) is 0 Å². The van der Waals surface area contributed by atoms with Crippen molar-refractivity contribution in [2.75, 3.05) is 0 Å². The predicted octanol–water partition coefficient (Wildman–Crippen LogP) is 2.89. The maximum absolute atomic E-state index is 9.42. The summed E-state index contributed by atoms with van der Waals surface area (Å²) in [6, 6.07) is 0. The Morgan fingerprint density at radius 1 is 1.67 bits per heavy atom. The SMILES string of the molecule is C=C(CC)CC1(C)CCC(O)C1. The van der Waals surface area contributed by atoms with Crippen LogP contribution in [0.15, 0.2) is 12.2 Å². The van der Waals surface area contributed by atoms with Crippen molar-refractivity contribution in [3.05, 3.63) is 12.2 Å². The van der Waals surface area contributed by atoms with Gasteiger partial charge in [-0.1, -0.05) is 26.0 Å². The van der Waals surface area contributed by atoms with E-state index in [-0.39, 0.29) is 6.10 Å². The van der Waals surface area contributed by atoms with E-state index in [1.165, 1.54) is 5.57 Å². The summed E-state index contributed by atoms with van der Waals surface area (Å²) in [5.41, 5.74) is 1.67. The van der Waals surface area contributed by atoms with Gasteiger partial charge in [-0.15, -0.1) is 0 Å². The molecular weight excluding hydrogens is 148 g/mol. The molecule has 1 aliphatic rings. The zero-order valence-corrected chi connectivity index (χ0v) is 8.27. The lowest BCUT2D eigenvalue weighted by Gasteiger charge is -2.24. The molecule has 0 bridgehead atoms. The number of hydrogen-bond acceptors (Lipinski definition) is 1. The van der Waals surface area contributed by atoms with Gasteiger partial charge in [-0.2, -0.15) is 0 Å². The third-order valence-electron chi connectivity index (χ3n) is 2.99. The fraction of sp³-hybridized carbons (Fsp3) is 0.818. The largest absolute Gasteiger partial charge is 0.393 e. The molecule has 1 saturated carbocycles. The number of aliphatic hydroxyl groups excluding tert-OH is 1. The molecule has 0 radical (unpaired) electrons. The lowest BCUT2D eigenvalue weighted by Crippen LogP contribution is -2.13. The van der Waals surface area contributed by atoms with Gasteiger partial charge in [0.05, 0.1) is 6.10 Å². The van der Waals surface area contributed by atoms with E-state index in [4.69, 9.17) is 0 Å². The summed E-state index contributed by atoms with van der Waals surface area (Å²) in [7, 11) is 0. The van der Waals surface area contributed by atoms with E-state index in [0.717, 1.165) is 32.1 Å². The molecule has 0 saturated heterocycles. The molecule has 12 heavy (non-hydrogen) atoms. The summed E-state index contributed by atoms with van der Waals surface area (Å²) in [6.07, 6.45) is 5.22. The van der Waals surface area contributed by atoms with Gasteiger partial charge in [-0.3, -0.25) is 0 Å². The van der Waals surface area contributed by atoms with Gasteiger partial charge in [0.2, 0.25) is 0 Å². The predicted molar refractivity (Wildman–Crippen MR) is 52.0 cm³/mol. The molecule has 1 rings (SSSR count). The maximum atomic E-state index is 9.42. The molecule has 1 heteroatoms. The van der Waals surface area contributed by atoms with E-state index < -0.39 is 0 Å². The first-order valence-electron chi connectivity index (χ1n) is 4.90. The van der Waals surface area contributed by atoms with Crippen molar-refractivity contribution in [2.24, 2.45) is 5.41 Å². The minimum atomic E-state index is -0.0559. The van der Waals surface area contributed by atoms with Crippen LogP contribution in [0.1, 0.15) is 46.0 Å².